The van der Waals surface area contributed by atoms with Crippen LogP contribution in [0.3, 0.4) is 0 Å². The molecule has 0 unspecified atom stereocenters. The molecule has 0 aliphatic carbocycles. The molecule has 0 aliphatic rings. The van der Waals surface area contributed by atoms with Crippen molar-refractivity contribution in [3.05, 3.63) is 65.4 Å². The summed E-state index contributed by atoms with van der Waals surface area (Å²) in [6.45, 7) is 8.21. The molecule has 0 N–H and O–H groups in total. The molecule has 0 aromatic carbocycles. The maximum Gasteiger partial charge on any atom is 0.229 e. The molecule has 3 aromatic rings. The Morgan fingerprint density at radius 2 is 1.91 bits per heavy atom. The Hall–Kier alpha value is -2.49. The minimum Gasteiger partial charge on any atom is -0.296 e. The highest BCUT2D eigenvalue weighted by molar-refractivity contribution is 6.08. The van der Waals surface area contributed by atoms with Gasteiger partial charge in [0.2, 0.25) is 5.78 Å². The summed E-state index contributed by atoms with van der Waals surface area (Å²) < 4.78 is 1.88. The second kappa shape index (κ2) is 5.05. The molecule has 4 nitrogen and oxygen atoms in total. The molecular formula is C18H19N3O. The molecule has 0 radical (unpaired) electrons. The van der Waals surface area contributed by atoms with Gasteiger partial charge in [0.15, 0.2) is 0 Å². The van der Waals surface area contributed by atoms with Crippen molar-refractivity contribution in [1.29, 1.82) is 0 Å². The van der Waals surface area contributed by atoms with E-state index in [0.717, 1.165) is 16.9 Å². The van der Waals surface area contributed by atoms with Crippen LogP contribution in [0.4, 0.5) is 0 Å². The lowest BCUT2D eigenvalue weighted by molar-refractivity contribution is 0.102. The Morgan fingerprint density at radius 3 is 2.55 bits per heavy atom. The first-order chi connectivity index (χ1) is 10.4. The van der Waals surface area contributed by atoms with Crippen molar-refractivity contribution in [2.75, 3.05) is 0 Å². The maximum atomic E-state index is 13.0. The van der Waals surface area contributed by atoms with Gasteiger partial charge in [0, 0.05) is 17.8 Å². The number of hydrogen-bond donors (Lipinski definition) is 0. The van der Waals surface area contributed by atoms with E-state index in [1.54, 1.807) is 18.3 Å². The molecular weight excluding hydrogens is 274 g/mol. The summed E-state index contributed by atoms with van der Waals surface area (Å²) in [5, 5.41) is 0. The first kappa shape index (κ1) is 14.4. The van der Waals surface area contributed by atoms with Gasteiger partial charge >= 0.3 is 0 Å². The molecule has 0 amide bonds. The summed E-state index contributed by atoms with van der Waals surface area (Å²) in [5.41, 5.74) is 3.50. The van der Waals surface area contributed by atoms with Gasteiger partial charge in [-0.2, -0.15) is 0 Å². The Bertz CT molecular complexity index is 842. The second-order valence-electron chi connectivity index (χ2n) is 6.49. The lowest BCUT2D eigenvalue weighted by Crippen LogP contribution is -2.19. The third-order valence-electron chi connectivity index (χ3n) is 3.67. The number of aromatic nitrogens is 3. The lowest BCUT2D eigenvalue weighted by atomic mass is 9.89. The zero-order chi connectivity index (χ0) is 15.9. The highest BCUT2D eigenvalue weighted by Gasteiger charge is 2.29. The van der Waals surface area contributed by atoms with E-state index in [2.05, 4.69) is 25.8 Å². The van der Waals surface area contributed by atoms with E-state index >= 15 is 0 Å². The van der Waals surface area contributed by atoms with Crippen molar-refractivity contribution in [3.63, 3.8) is 0 Å². The number of fused-ring (bicyclic) bond motifs is 1. The second-order valence-corrected chi connectivity index (χ2v) is 6.49. The van der Waals surface area contributed by atoms with E-state index in [-0.39, 0.29) is 11.2 Å². The SMILES string of the molecule is Cc1cccn2c(C(=O)c3ccccn3)c(C(C)(C)C)nc12. The zero-order valence-electron chi connectivity index (χ0n) is 13.3. The molecule has 0 fully saturated rings. The van der Waals surface area contributed by atoms with Gasteiger partial charge in [-0.25, -0.2) is 4.98 Å². The number of rotatable bonds is 2. The Morgan fingerprint density at radius 1 is 1.14 bits per heavy atom. The van der Waals surface area contributed by atoms with Crippen molar-refractivity contribution in [2.24, 2.45) is 0 Å². The van der Waals surface area contributed by atoms with Crippen LogP contribution in [0.1, 0.15) is 48.2 Å². The average Bonchev–Trinajstić information content (AvgIpc) is 2.88. The molecule has 0 saturated carbocycles. The molecule has 22 heavy (non-hydrogen) atoms. The average molecular weight is 293 g/mol. The normalized spacial score (nSPS) is 11.8. The first-order valence-corrected chi connectivity index (χ1v) is 7.33. The summed E-state index contributed by atoms with van der Waals surface area (Å²) >= 11 is 0. The predicted molar refractivity (Wildman–Crippen MR) is 86.3 cm³/mol. The van der Waals surface area contributed by atoms with Gasteiger partial charge in [-0.3, -0.25) is 14.2 Å². The van der Waals surface area contributed by atoms with Crippen LogP contribution < -0.4 is 0 Å². The van der Waals surface area contributed by atoms with Gasteiger partial charge in [-0.05, 0) is 30.7 Å². The number of carbonyl (C=O) groups excluding carboxylic acids is 1. The topological polar surface area (TPSA) is 47.3 Å². The molecule has 3 heterocycles. The molecule has 0 saturated heterocycles. The Balaban J connectivity index is 2.32. The van der Waals surface area contributed by atoms with Gasteiger partial charge in [-0.15, -0.1) is 0 Å². The molecule has 0 bridgehead atoms. The third-order valence-corrected chi connectivity index (χ3v) is 3.67. The standard InChI is InChI=1S/C18H19N3O/c1-12-8-7-11-21-14(15(22)13-9-5-6-10-19-13)16(18(2,3)4)20-17(12)21/h5-11H,1-4H3. The number of ketones is 1. The fourth-order valence-electron chi connectivity index (χ4n) is 2.56. The highest BCUT2D eigenvalue weighted by Crippen LogP contribution is 2.28. The van der Waals surface area contributed by atoms with Crippen LogP contribution in [0.2, 0.25) is 0 Å². The first-order valence-electron chi connectivity index (χ1n) is 7.33. The van der Waals surface area contributed by atoms with Crippen molar-refractivity contribution in [3.8, 4) is 0 Å². The largest absolute Gasteiger partial charge is 0.296 e. The maximum absolute atomic E-state index is 13.0. The number of imidazole rings is 1. The summed E-state index contributed by atoms with van der Waals surface area (Å²) in [6.07, 6.45) is 3.53. The van der Waals surface area contributed by atoms with Gasteiger partial charge < -0.3 is 0 Å². The summed E-state index contributed by atoms with van der Waals surface area (Å²) in [6, 6.07) is 9.31. The van der Waals surface area contributed by atoms with E-state index in [0.29, 0.717) is 11.4 Å². The summed E-state index contributed by atoms with van der Waals surface area (Å²) in [5.74, 6) is -0.0939. The fourth-order valence-corrected chi connectivity index (χ4v) is 2.56. The predicted octanol–water partition coefficient (Wildman–Crippen LogP) is 3.57. The molecule has 0 atom stereocenters. The monoisotopic (exact) mass is 293 g/mol. The minimum atomic E-state index is -0.224. The van der Waals surface area contributed by atoms with Crippen molar-refractivity contribution < 1.29 is 4.79 Å². The number of carbonyl (C=O) groups is 1. The quantitative estimate of drug-likeness (QED) is 0.679. The number of nitrogens with zero attached hydrogens (tertiary/aromatic N) is 3. The lowest BCUT2D eigenvalue weighted by Gasteiger charge is -2.17. The van der Waals surface area contributed by atoms with E-state index in [1.807, 2.05) is 35.7 Å². The van der Waals surface area contributed by atoms with Crippen LogP contribution >= 0.6 is 0 Å². The van der Waals surface area contributed by atoms with E-state index < -0.39 is 0 Å². The molecule has 4 heteroatoms. The Labute approximate surface area is 129 Å². The van der Waals surface area contributed by atoms with Crippen LogP contribution in [0.5, 0.6) is 0 Å². The van der Waals surface area contributed by atoms with Crippen LogP contribution in [0.25, 0.3) is 5.65 Å². The minimum absolute atomic E-state index is 0.0939. The van der Waals surface area contributed by atoms with Crippen LogP contribution in [-0.2, 0) is 5.41 Å². The number of aryl methyl sites for hydroxylation is 1. The summed E-state index contributed by atoms with van der Waals surface area (Å²) in [7, 11) is 0. The van der Waals surface area contributed by atoms with Crippen molar-refractivity contribution in [1.82, 2.24) is 14.4 Å². The molecule has 0 aliphatic heterocycles. The van der Waals surface area contributed by atoms with E-state index in [4.69, 9.17) is 4.98 Å². The van der Waals surface area contributed by atoms with E-state index in [1.165, 1.54) is 0 Å². The van der Waals surface area contributed by atoms with Gasteiger partial charge in [0.05, 0.1) is 5.69 Å². The van der Waals surface area contributed by atoms with Crippen molar-refractivity contribution >= 4 is 11.4 Å². The molecule has 112 valence electrons. The van der Waals surface area contributed by atoms with E-state index in [9.17, 15) is 4.79 Å². The highest BCUT2D eigenvalue weighted by atomic mass is 16.1. The summed E-state index contributed by atoms with van der Waals surface area (Å²) in [4.78, 5) is 21.9. The van der Waals surface area contributed by atoms with Gasteiger partial charge in [0.25, 0.3) is 0 Å². The van der Waals surface area contributed by atoms with Crippen molar-refractivity contribution in [2.45, 2.75) is 33.1 Å². The smallest absolute Gasteiger partial charge is 0.229 e. The van der Waals surface area contributed by atoms with Gasteiger partial charge in [0.1, 0.15) is 17.0 Å². The third kappa shape index (κ3) is 2.30. The van der Waals surface area contributed by atoms with Gasteiger partial charge in [-0.1, -0.05) is 32.9 Å². The fraction of sp³-hybridized carbons (Fsp3) is 0.278. The van der Waals surface area contributed by atoms with Crippen LogP contribution in [-0.4, -0.2) is 20.2 Å². The molecule has 0 spiro atoms. The molecule has 3 rings (SSSR count). The zero-order valence-corrected chi connectivity index (χ0v) is 13.3. The van der Waals surface area contributed by atoms with Crippen LogP contribution in [0, 0.1) is 6.92 Å². The Kier molecular flexibility index (Phi) is 3.32. The number of pyridine rings is 2. The molecule has 3 aromatic heterocycles. The number of hydrogen-bond acceptors (Lipinski definition) is 3. The van der Waals surface area contributed by atoms with Crippen LogP contribution in [0.15, 0.2) is 42.7 Å².